The lowest BCUT2D eigenvalue weighted by atomic mass is 10.1. The fraction of sp³-hybridized carbons (Fsp3) is 0.423. The van der Waals surface area contributed by atoms with Crippen molar-refractivity contribution in [3.63, 3.8) is 0 Å². The van der Waals surface area contributed by atoms with Crippen molar-refractivity contribution in [1.29, 1.82) is 0 Å². The molecule has 0 aliphatic carbocycles. The molecule has 3 N–H and O–H groups in total. The number of nitrogens with one attached hydrogen (secondary N) is 2. The van der Waals surface area contributed by atoms with Gasteiger partial charge in [0.1, 0.15) is 0 Å². The average Bonchev–Trinajstić information content (AvgIpc) is 2.76. The zero-order chi connectivity index (χ0) is 24.8. The highest BCUT2D eigenvalue weighted by atomic mass is 16.4. The number of piperazine rings is 1. The Morgan fingerprint density at radius 2 is 1.59 bits per heavy atom. The number of carbonyl (C=O) groups excluding carboxylic acids is 2. The van der Waals surface area contributed by atoms with E-state index in [4.69, 9.17) is 0 Å². The van der Waals surface area contributed by atoms with Crippen LogP contribution < -0.4 is 15.5 Å². The lowest BCUT2D eigenvalue weighted by Gasteiger charge is -2.36. The van der Waals surface area contributed by atoms with Crippen molar-refractivity contribution in [3.05, 3.63) is 53.1 Å². The van der Waals surface area contributed by atoms with Crippen molar-refractivity contribution >= 4 is 34.8 Å². The molecular formula is C26H34N4O4. The van der Waals surface area contributed by atoms with Crippen molar-refractivity contribution in [2.24, 2.45) is 5.92 Å². The Hall–Kier alpha value is -3.39. The molecule has 34 heavy (non-hydrogen) atoms. The van der Waals surface area contributed by atoms with Crippen molar-refractivity contribution in [3.8, 4) is 0 Å². The second-order valence-corrected chi connectivity index (χ2v) is 9.26. The average molecular weight is 467 g/mol. The lowest BCUT2D eigenvalue weighted by molar-refractivity contribution is -0.118. The van der Waals surface area contributed by atoms with E-state index >= 15 is 0 Å². The molecule has 1 aliphatic rings. The van der Waals surface area contributed by atoms with E-state index in [-0.39, 0.29) is 23.3 Å². The van der Waals surface area contributed by atoms with Crippen molar-refractivity contribution in [1.82, 2.24) is 4.90 Å². The summed E-state index contributed by atoms with van der Waals surface area (Å²) in [7, 11) is 0. The largest absolute Gasteiger partial charge is 0.478 e. The number of aromatic carboxylic acids is 1. The Balaban J connectivity index is 1.59. The molecule has 0 aromatic heterocycles. The molecule has 0 atom stereocenters. The number of nitrogens with zero attached hydrogens (tertiary/aromatic N) is 2. The molecule has 2 aromatic rings. The van der Waals surface area contributed by atoms with E-state index in [9.17, 15) is 19.5 Å². The lowest BCUT2D eigenvalue weighted by Crippen LogP contribution is -2.48. The van der Waals surface area contributed by atoms with Crippen molar-refractivity contribution in [2.45, 2.75) is 34.1 Å². The monoisotopic (exact) mass is 466 g/mol. The summed E-state index contributed by atoms with van der Waals surface area (Å²) in [5.74, 6) is -1.13. The Morgan fingerprint density at radius 3 is 2.18 bits per heavy atom. The summed E-state index contributed by atoms with van der Waals surface area (Å²) in [5, 5.41) is 15.4. The third-order valence-electron chi connectivity index (χ3n) is 5.95. The molecule has 8 nitrogen and oxygen atoms in total. The van der Waals surface area contributed by atoms with Gasteiger partial charge in [-0.2, -0.15) is 0 Å². The van der Waals surface area contributed by atoms with Gasteiger partial charge >= 0.3 is 5.97 Å². The van der Waals surface area contributed by atoms with Crippen LogP contribution in [0.25, 0.3) is 0 Å². The van der Waals surface area contributed by atoms with Gasteiger partial charge in [0.2, 0.25) is 11.8 Å². The minimum absolute atomic E-state index is 0.0412. The SMILES string of the molecule is Cc1cccc(C)c1NC(=O)CN1CCN(c2ccc(NC(=O)CC(C)C)c(C(=O)O)c2)CC1. The smallest absolute Gasteiger partial charge is 0.337 e. The summed E-state index contributed by atoms with van der Waals surface area (Å²) >= 11 is 0. The maximum atomic E-state index is 12.6. The number of para-hydroxylation sites is 1. The summed E-state index contributed by atoms with van der Waals surface area (Å²) < 4.78 is 0. The van der Waals surface area contributed by atoms with Gasteiger partial charge in [-0.1, -0.05) is 32.0 Å². The molecule has 0 saturated carbocycles. The van der Waals surface area contributed by atoms with Crippen LogP contribution in [0.15, 0.2) is 36.4 Å². The Labute approximate surface area is 200 Å². The molecule has 2 aromatic carbocycles. The van der Waals surface area contributed by atoms with Crippen LogP contribution in [-0.4, -0.2) is 60.5 Å². The number of carboxylic acid groups (broad SMARTS) is 1. The molecular weight excluding hydrogens is 432 g/mol. The molecule has 0 unspecified atom stereocenters. The molecule has 0 spiro atoms. The Morgan fingerprint density at radius 1 is 0.941 bits per heavy atom. The summed E-state index contributed by atoms with van der Waals surface area (Å²) in [6.45, 7) is 10.9. The maximum absolute atomic E-state index is 12.6. The van der Waals surface area contributed by atoms with Gasteiger partial charge in [0.15, 0.2) is 0 Å². The first kappa shape index (κ1) is 25.2. The summed E-state index contributed by atoms with van der Waals surface area (Å²) in [5.41, 5.74) is 4.12. The number of hydrogen-bond acceptors (Lipinski definition) is 5. The van der Waals surface area contributed by atoms with Crippen LogP contribution >= 0.6 is 0 Å². The molecule has 8 heteroatoms. The molecule has 1 saturated heterocycles. The summed E-state index contributed by atoms with van der Waals surface area (Å²) in [6, 6.07) is 11.0. The third-order valence-corrected chi connectivity index (χ3v) is 5.95. The van der Waals surface area contributed by atoms with E-state index in [0.717, 1.165) is 22.5 Å². The quantitative estimate of drug-likeness (QED) is 0.548. The van der Waals surface area contributed by atoms with Gasteiger partial charge in [-0.15, -0.1) is 0 Å². The highest BCUT2D eigenvalue weighted by Crippen LogP contribution is 2.25. The Bertz CT molecular complexity index is 1040. The number of carboxylic acids is 1. The first-order valence-electron chi connectivity index (χ1n) is 11.6. The highest BCUT2D eigenvalue weighted by molar-refractivity contribution is 6.01. The number of carbonyl (C=O) groups is 3. The zero-order valence-electron chi connectivity index (χ0n) is 20.4. The fourth-order valence-electron chi connectivity index (χ4n) is 4.14. The first-order chi connectivity index (χ1) is 16.1. The first-order valence-corrected chi connectivity index (χ1v) is 11.6. The normalized spacial score (nSPS) is 14.2. The van der Waals surface area contributed by atoms with Crippen LogP contribution in [0.4, 0.5) is 17.1 Å². The molecule has 0 radical (unpaired) electrons. The van der Waals surface area contributed by atoms with Crippen LogP contribution in [0.2, 0.25) is 0 Å². The molecule has 182 valence electrons. The molecule has 2 amide bonds. The fourth-order valence-corrected chi connectivity index (χ4v) is 4.14. The van der Waals surface area contributed by atoms with Crippen molar-refractivity contribution < 1.29 is 19.5 Å². The third kappa shape index (κ3) is 6.57. The zero-order valence-corrected chi connectivity index (χ0v) is 20.4. The minimum Gasteiger partial charge on any atom is -0.478 e. The number of anilines is 3. The summed E-state index contributed by atoms with van der Waals surface area (Å²) in [4.78, 5) is 40.7. The van der Waals surface area contributed by atoms with Gasteiger partial charge in [-0.05, 0) is 49.1 Å². The molecule has 1 aliphatic heterocycles. The van der Waals surface area contributed by atoms with Gasteiger partial charge in [0, 0.05) is 44.0 Å². The van der Waals surface area contributed by atoms with E-state index in [1.54, 1.807) is 12.1 Å². The van der Waals surface area contributed by atoms with E-state index < -0.39 is 5.97 Å². The standard InChI is InChI=1S/C26H34N4O4/c1-17(2)14-23(31)27-22-9-8-20(15-21(22)26(33)34)30-12-10-29(11-13-30)16-24(32)28-25-18(3)6-5-7-19(25)4/h5-9,15,17H,10-14,16H2,1-4H3,(H,27,31)(H,28,32)(H,33,34). The topological polar surface area (TPSA) is 102 Å². The van der Waals surface area contributed by atoms with Crippen LogP contribution in [0, 0.1) is 19.8 Å². The second kappa shape index (κ2) is 11.2. The number of amides is 2. The molecule has 3 rings (SSSR count). The van der Waals surface area contributed by atoms with Gasteiger partial charge in [-0.25, -0.2) is 4.79 Å². The van der Waals surface area contributed by atoms with Crippen LogP contribution in [-0.2, 0) is 9.59 Å². The van der Waals surface area contributed by atoms with Crippen LogP contribution in [0.3, 0.4) is 0 Å². The van der Waals surface area contributed by atoms with E-state index in [1.807, 2.05) is 52.0 Å². The van der Waals surface area contributed by atoms with Gasteiger partial charge < -0.3 is 20.6 Å². The number of aryl methyl sites for hydroxylation is 2. The highest BCUT2D eigenvalue weighted by Gasteiger charge is 2.22. The molecule has 1 fully saturated rings. The van der Waals surface area contributed by atoms with Crippen molar-refractivity contribution in [2.75, 3.05) is 48.3 Å². The van der Waals surface area contributed by atoms with E-state index in [0.29, 0.717) is 44.8 Å². The van der Waals surface area contributed by atoms with Gasteiger partial charge in [0.05, 0.1) is 17.8 Å². The van der Waals surface area contributed by atoms with E-state index in [2.05, 4.69) is 20.4 Å². The molecule has 0 bridgehead atoms. The van der Waals surface area contributed by atoms with Crippen LogP contribution in [0.1, 0.15) is 41.8 Å². The van der Waals surface area contributed by atoms with E-state index in [1.165, 1.54) is 0 Å². The predicted molar refractivity (Wildman–Crippen MR) is 135 cm³/mol. The Kier molecular flexibility index (Phi) is 8.28. The minimum atomic E-state index is -1.08. The predicted octanol–water partition coefficient (Wildman–Crippen LogP) is 3.75. The number of rotatable bonds is 8. The molecule has 1 heterocycles. The van der Waals surface area contributed by atoms with Gasteiger partial charge in [0.25, 0.3) is 0 Å². The van der Waals surface area contributed by atoms with Gasteiger partial charge in [-0.3, -0.25) is 14.5 Å². The number of hydrogen-bond donors (Lipinski definition) is 3. The van der Waals surface area contributed by atoms with Crippen LogP contribution in [0.5, 0.6) is 0 Å². The number of benzene rings is 2. The maximum Gasteiger partial charge on any atom is 0.337 e. The summed E-state index contributed by atoms with van der Waals surface area (Å²) in [6.07, 6.45) is 0.333. The second-order valence-electron chi connectivity index (χ2n) is 9.26.